The molecule has 6 nitrogen and oxygen atoms in total. The van der Waals surface area contributed by atoms with Crippen molar-refractivity contribution < 1.29 is 17.5 Å². The van der Waals surface area contributed by atoms with Crippen LogP contribution >= 0.6 is 11.6 Å². The maximum Gasteiger partial charge on any atom is 0.339 e. The molecule has 0 radical (unpaired) electrons. The lowest BCUT2D eigenvalue weighted by Crippen LogP contribution is -2.11. The lowest BCUT2D eigenvalue weighted by atomic mass is 10.2. The van der Waals surface area contributed by atoms with Gasteiger partial charge < -0.3 is 4.18 Å². The zero-order valence-corrected chi connectivity index (χ0v) is 13.3. The fraction of sp³-hybridized carbons (Fsp3) is 0.143. The van der Waals surface area contributed by atoms with E-state index < -0.39 is 15.0 Å². The van der Waals surface area contributed by atoms with Crippen molar-refractivity contribution in [3.63, 3.8) is 0 Å². The number of nitro benzene ring substituents is 1. The molecule has 0 N–H and O–H groups in total. The molecule has 0 bridgehead atoms. The summed E-state index contributed by atoms with van der Waals surface area (Å²) in [6.07, 6.45) is 0. The molecule has 0 heterocycles. The van der Waals surface area contributed by atoms with E-state index in [1.165, 1.54) is 31.2 Å². The van der Waals surface area contributed by atoms with Crippen LogP contribution in [0.4, 0.5) is 5.69 Å². The minimum atomic E-state index is -4.08. The van der Waals surface area contributed by atoms with Gasteiger partial charge in [-0.25, -0.2) is 0 Å². The van der Waals surface area contributed by atoms with Gasteiger partial charge in [0, 0.05) is 17.2 Å². The average molecular weight is 342 g/mol. The number of rotatable bonds is 4. The largest absolute Gasteiger partial charge is 0.379 e. The minimum absolute atomic E-state index is 0.120. The summed E-state index contributed by atoms with van der Waals surface area (Å²) in [6, 6.07) is 7.93. The Morgan fingerprint density at radius 2 is 1.77 bits per heavy atom. The van der Waals surface area contributed by atoms with E-state index in [0.29, 0.717) is 10.6 Å². The predicted octanol–water partition coefficient (Wildman–Crippen LogP) is 3.63. The Morgan fingerprint density at radius 3 is 2.32 bits per heavy atom. The summed E-state index contributed by atoms with van der Waals surface area (Å²) < 4.78 is 29.6. The Labute approximate surface area is 132 Å². The normalized spacial score (nSPS) is 11.2. The van der Waals surface area contributed by atoms with Crippen LogP contribution in [0.3, 0.4) is 0 Å². The molecule has 0 fully saturated rings. The van der Waals surface area contributed by atoms with Gasteiger partial charge >= 0.3 is 10.1 Å². The second-order valence-corrected chi connectivity index (χ2v) is 6.58. The maximum atomic E-state index is 12.3. The van der Waals surface area contributed by atoms with Crippen LogP contribution in [-0.2, 0) is 10.1 Å². The summed E-state index contributed by atoms with van der Waals surface area (Å²) in [7, 11) is -4.08. The average Bonchev–Trinajstić information content (AvgIpc) is 2.42. The molecule has 0 amide bonds. The first-order valence-electron chi connectivity index (χ1n) is 6.16. The Balaban J connectivity index is 2.38. The van der Waals surface area contributed by atoms with E-state index in [1.807, 2.05) is 0 Å². The zero-order valence-electron chi connectivity index (χ0n) is 11.7. The van der Waals surface area contributed by atoms with E-state index in [1.54, 1.807) is 6.92 Å². The summed E-state index contributed by atoms with van der Waals surface area (Å²) in [5.74, 6) is 0.125. The van der Waals surface area contributed by atoms with Crippen LogP contribution in [0, 0.1) is 24.0 Å². The third-order valence-corrected chi connectivity index (χ3v) is 4.81. The Hall–Kier alpha value is -2.12. The van der Waals surface area contributed by atoms with Gasteiger partial charge in [-0.3, -0.25) is 10.1 Å². The SMILES string of the molecule is Cc1cc(OS(=O)(=O)c2ccc([N+](=O)[O-])cc2C)ccc1Cl. The summed E-state index contributed by atoms with van der Waals surface area (Å²) in [4.78, 5) is 9.98. The monoisotopic (exact) mass is 341 g/mol. The molecule has 0 atom stereocenters. The third-order valence-electron chi connectivity index (χ3n) is 2.97. The minimum Gasteiger partial charge on any atom is -0.379 e. The second-order valence-electron chi connectivity index (χ2n) is 4.66. The number of hydrogen-bond acceptors (Lipinski definition) is 5. The van der Waals surface area contributed by atoms with Crippen LogP contribution in [0.25, 0.3) is 0 Å². The zero-order chi connectivity index (χ0) is 16.5. The van der Waals surface area contributed by atoms with Crippen molar-refractivity contribution in [1.29, 1.82) is 0 Å². The van der Waals surface area contributed by atoms with Crippen LogP contribution < -0.4 is 4.18 Å². The van der Waals surface area contributed by atoms with E-state index >= 15 is 0 Å². The van der Waals surface area contributed by atoms with E-state index in [4.69, 9.17) is 15.8 Å². The summed E-state index contributed by atoms with van der Waals surface area (Å²) >= 11 is 5.87. The number of nitro groups is 1. The van der Waals surface area contributed by atoms with E-state index in [-0.39, 0.29) is 21.9 Å². The molecule has 0 saturated heterocycles. The van der Waals surface area contributed by atoms with Crippen molar-refractivity contribution in [3.8, 4) is 5.75 Å². The lowest BCUT2D eigenvalue weighted by Gasteiger charge is -2.10. The Bertz CT molecular complexity index is 848. The highest BCUT2D eigenvalue weighted by atomic mass is 35.5. The number of nitrogens with zero attached hydrogens (tertiary/aromatic N) is 1. The molecule has 0 aromatic heterocycles. The van der Waals surface area contributed by atoms with Crippen LogP contribution in [-0.4, -0.2) is 13.3 Å². The first kappa shape index (κ1) is 16.3. The molecule has 8 heteroatoms. The number of halogens is 1. The molecule has 2 aromatic carbocycles. The van der Waals surface area contributed by atoms with Gasteiger partial charge in [-0.15, -0.1) is 0 Å². The number of hydrogen-bond donors (Lipinski definition) is 0. The van der Waals surface area contributed by atoms with Crippen LogP contribution in [0.1, 0.15) is 11.1 Å². The van der Waals surface area contributed by atoms with E-state index in [9.17, 15) is 18.5 Å². The summed E-state index contributed by atoms with van der Waals surface area (Å²) in [5.41, 5.74) is 0.730. The molecule has 116 valence electrons. The third kappa shape index (κ3) is 3.37. The summed E-state index contributed by atoms with van der Waals surface area (Å²) in [5, 5.41) is 11.2. The number of non-ortho nitro benzene ring substituents is 1. The smallest absolute Gasteiger partial charge is 0.339 e. The number of benzene rings is 2. The molecule has 0 saturated carbocycles. The maximum absolute atomic E-state index is 12.3. The molecular formula is C14H12ClNO5S. The van der Waals surface area contributed by atoms with Gasteiger partial charge in [-0.2, -0.15) is 8.42 Å². The molecular weight excluding hydrogens is 330 g/mol. The van der Waals surface area contributed by atoms with Gasteiger partial charge in [0.15, 0.2) is 0 Å². The molecule has 2 rings (SSSR count). The van der Waals surface area contributed by atoms with E-state index in [0.717, 1.165) is 12.1 Å². The molecule has 0 aliphatic heterocycles. The van der Waals surface area contributed by atoms with Gasteiger partial charge in [0.2, 0.25) is 0 Å². The van der Waals surface area contributed by atoms with Gasteiger partial charge in [0.05, 0.1) is 4.92 Å². The highest BCUT2D eigenvalue weighted by molar-refractivity contribution is 7.87. The lowest BCUT2D eigenvalue weighted by molar-refractivity contribution is -0.385. The molecule has 0 aliphatic carbocycles. The van der Waals surface area contributed by atoms with Crippen LogP contribution in [0.15, 0.2) is 41.3 Å². The quantitative estimate of drug-likeness (QED) is 0.481. The highest BCUT2D eigenvalue weighted by Crippen LogP contribution is 2.26. The second kappa shape index (κ2) is 5.94. The first-order valence-corrected chi connectivity index (χ1v) is 7.95. The number of aryl methyl sites for hydroxylation is 2. The standard InChI is InChI=1S/C14H12ClNO5S/c1-9-8-12(4-5-13(9)15)21-22(19,20)14-6-3-11(16(17)18)7-10(14)2/h3-8H,1-2H3. The Kier molecular flexibility index (Phi) is 4.39. The predicted molar refractivity (Wildman–Crippen MR) is 81.8 cm³/mol. The molecule has 2 aromatic rings. The molecule has 22 heavy (non-hydrogen) atoms. The van der Waals surface area contributed by atoms with Gasteiger partial charge in [-0.1, -0.05) is 11.6 Å². The van der Waals surface area contributed by atoms with Crippen molar-refractivity contribution in [2.45, 2.75) is 18.7 Å². The van der Waals surface area contributed by atoms with Gasteiger partial charge in [-0.05, 0) is 49.2 Å². The van der Waals surface area contributed by atoms with Crippen molar-refractivity contribution in [2.24, 2.45) is 0 Å². The van der Waals surface area contributed by atoms with E-state index in [2.05, 4.69) is 0 Å². The first-order chi connectivity index (χ1) is 10.2. The van der Waals surface area contributed by atoms with Crippen molar-refractivity contribution in [1.82, 2.24) is 0 Å². The van der Waals surface area contributed by atoms with Crippen molar-refractivity contribution in [3.05, 3.63) is 62.7 Å². The Morgan fingerprint density at radius 1 is 1.09 bits per heavy atom. The van der Waals surface area contributed by atoms with Gasteiger partial charge in [0.25, 0.3) is 5.69 Å². The molecule has 0 unspecified atom stereocenters. The topological polar surface area (TPSA) is 86.5 Å². The van der Waals surface area contributed by atoms with Gasteiger partial charge in [0.1, 0.15) is 10.6 Å². The molecule has 0 spiro atoms. The van der Waals surface area contributed by atoms with Crippen LogP contribution in [0.5, 0.6) is 5.75 Å². The van der Waals surface area contributed by atoms with Crippen molar-refractivity contribution >= 4 is 27.4 Å². The van der Waals surface area contributed by atoms with Crippen molar-refractivity contribution in [2.75, 3.05) is 0 Å². The summed E-state index contributed by atoms with van der Waals surface area (Å²) in [6.45, 7) is 3.19. The molecule has 0 aliphatic rings. The highest BCUT2D eigenvalue weighted by Gasteiger charge is 2.21. The van der Waals surface area contributed by atoms with Crippen LogP contribution in [0.2, 0.25) is 5.02 Å². The fourth-order valence-corrected chi connectivity index (χ4v) is 3.12. The fourth-order valence-electron chi connectivity index (χ4n) is 1.87.